The second-order valence-corrected chi connectivity index (χ2v) is 8.00. The van der Waals surface area contributed by atoms with Crippen molar-refractivity contribution in [3.05, 3.63) is 113 Å². The Morgan fingerprint density at radius 2 is 1.52 bits per heavy atom. The molecule has 0 aliphatic heterocycles. The van der Waals surface area contributed by atoms with Crippen LogP contribution < -0.4 is 15.6 Å². The first-order valence-corrected chi connectivity index (χ1v) is 10.8. The molecule has 148 valence electrons. The van der Waals surface area contributed by atoms with Crippen molar-refractivity contribution in [2.24, 2.45) is 0 Å². The molecule has 1 heterocycles. The maximum atomic E-state index is 6.24. The normalized spacial score (nSPS) is 13.6. The summed E-state index contributed by atoms with van der Waals surface area (Å²) in [5.74, 6) is 0. The van der Waals surface area contributed by atoms with E-state index in [1.807, 2.05) is 6.07 Å². The number of fused-ring (bicyclic) bond motifs is 4. The lowest BCUT2D eigenvalue weighted by molar-refractivity contribution is -0.346. The topological polar surface area (TPSA) is 27.1 Å². The van der Waals surface area contributed by atoms with Crippen LogP contribution in [0.1, 0.15) is 24.0 Å². The van der Waals surface area contributed by atoms with Gasteiger partial charge in [-0.3, -0.25) is 0 Å². The highest BCUT2D eigenvalue weighted by Gasteiger charge is 2.13. The fourth-order valence-corrected chi connectivity index (χ4v) is 4.55. The molecule has 0 atom stereocenters. The van der Waals surface area contributed by atoms with Crippen LogP contribution in [-0.2, 0) is 0 Å². The van der Waals surface area contributed by atoms with Gasteiger partial charge < -0.3 is 4.42 Å². The summed E-state index contributed by atoms with van der Waals surface area (Å²) in [6.07, 6.45) is 6.43. The highest BCUT2D eigenvalue weighted by atomic mass is 16.3. The van der Waals surface area contributed by atoms with Crippen LogP contribution >= 0.6 is 0 Å². The number of rotatable bonds is 3. The largest absolute Gasteiger partial charge is 0.456 e. The number of hydrogen-bond acceptors (Lipinski definition) is 1. The van der Waals surface area contributed by atoms with Crippen LogP contribution in [0.2, 0.25) is 0 Å². The Bertz CT molecular complexity index is 1560. The molecule has 2 heteroatoms. The zero-order valence-corrected chi connectivity index (χ0v) is 17.1. The Balaban J connectivity index is 1.37. The quantitative estimate of drug-likeness (QED) is 0.452. The SMILES string of the molecule is C(=[NH+]c1ccc(C2=c3oc4ccccc4c3=CCC2)cc1)c1cccc2ccccc12. The van der Waals surface area contributed by atoms with E-state index < -0.39 is 0 Å². The molecule has 0 fully saturated rings. The summed E-state index contributed by atoms with van der Waals surface area (Å²) in [4.78, 5) is 3.46. The van der Waals surface area contributed by atoms with E-state index in [0.29, 0.717) is 0 Å². The lowest BCUT2D eigenvalue weighted by Gasteiger charge is -2.08. The zero-order valence-electron chi connectivity index (χ0n) is 17.1. The molecule has 1 aromatic heterocycles. The molecule has 31 heavy (non-hydrogen) atoms. The second kappa shape index (κ2) is 7.41. The minimum atomic E-state index is 0.964. The van der Waals surface area contributed by atoms with E-state index in [1.165, 1.54) is 38.1 Å². The molecule has 0 saturated carbocycles. The number of benzene rings is 4. The van der Waals surface area contributed by atoms with Crippen molar-refractivity contribution < 1.29 is 9.41 Å². The molecule has 4 aromatic carbocycles. The molecule has 0 saturated heterocycles. The molecule has 0 unspecified atom stereocenters. The maximum absolute atomic E-state index is 6.24. The number of hydrogen-bond donors (Lipinski definition) is 1. The van der Waals surface area contributed by atoms with Crippen molar-refractivity contribution in [1.82, 2.24) is 0 Å². The van der Waals surface area contributed by atoms with E-state index in [1.54, 1.807) is 0 Å². The van der Waals surface area contributed by atoms with E-state index in [2.05, 4.69) is 102 Å². The Morgan fingerprint density at radius 1 is 0.742 bits per heavy atom. The molecule has 0 spiro atoms. The van der Waals surface area contributed by atoms with Crippen LogP contribution in [0, 0.1) is 0 Å². The molecular weight excluding hydrogens is 378 g/mol. The van der Waals surface area contributed by atoms with Crippen LogP contribution in [0.4, 0.5) is 5.69 Å². The summed E-state index contributed by atoms with van der Waals surface area (Å²) in [7, 11) is 0. The summed E-state index contributed by atoms with van der Waals surface area (Å²) < 4.78 is 6.24. The Hall–Kier alpha value is -3.91. The molecule has 6 rings (SSSR count). The highest BCUT2D eigenvalue weighted by Crippen LogP contribution is 2.21. The van der Waals surface area contributed by atoms with Crippen LogP contribution in [-0.4, -0.2) is 6.21 Å². The van der Waals surface area contributed by atoms with E-state index in [4.69, 9.17) is 4.42 Å². The van der Waals surface area contributed by atoms with Gasteiger partial charge in [0.2, 0.25) is 5.69 Å². The molecule has 0 bridgehead atoms. The van der Waals surface area contributed by atoms with Gasteiger partial charge in [-0.2, -0.15) is 0 Å². The van der Waals surface area contributed by atoms with Gasteiger partial charge in [-0.15, -0.1) is 0 Å². The van der Waals surface area contributed by atoms with Gasteiger partial charge in [0.05, 0.1) is 0 Å². The summed E-state index contributed by atoms with van der Waals surface area (Å²) in [6.45, 7) is 0. The molecule has 1 aliphatic rings. The van der Waals surface area contributed by atoms with Crippen LogP contribution in [0.25, 0.3) is 33.4 Å². The van der Waals surface area contributed by atoms with Crippen molar-refractivity contribution >= 4 is 45.3 Å². The standard InChI is InChI=1S/C29H21NO/c1-2-10-24-20(7-1)8-5-9-22(24)19-30-23-17-15-21(16-18-23)25-12-6-13-27-26-11-3-4-14-28(26)31-29(25)27/h1-5,7-11,13-19H,6,12H2/p+1. The molecule has 5 aromatic rings. The minimum Gasteiger partial charge on any atom is -0.456 e. The van der Waals surface area contributed by atoms with Crippen molar-refractivity contribution in [1.29, 1.82) is 0 Å². The predicted molar refractivity (Wildman–Crippen MR) is 128 cm³/mol. The van der Waals surface area contributed by atoms with Gasteiger partial charge in [-0.25, -0.2) is 4.99 Å². The summed E-state index contributed by atoms with van der Waals surface area (Å²) >= 11 is 0. The van der Waals surface area contributed by atoms with E-state index in [-0.39, 0.29) is 0 Å². The summed E-state index contributed by atoms with van der Waals surface area (Å²) in [5, 5.41) is 4.95. The van der Waals surface area contributed by atoms with Gasteiger partial charge in [-0.05, 0) is 53.4 Å². The monoisotopic (exact) mass is 400 g/mol. The maximum Gasteiger partial charge on any atom is 0.203 e. The smallest absolute Gasteiger partial charge is 0.203 e. The van der Waals surface area contributed by atoms with Gasteiger partial charge in [0.15, 0.2) is 6.21 Å². The van der Waals surface area contributed by atoms with Crippen molar-refractivity contribution in [2.45, 2.75) is 12.8 Å². The Kier molecular flexibility index (Phi) is 4.28. The second-order valence-electron chi connectivity index (χ2n) is 8.00. The number of nitrogens with one attached hydrogen (secondary N) is 1. The van der Waals surface area contributed by atoms with E-state index in [9.17, 15) is 0 Å². The first-order valence-electron chi connectivity index (χ1n) is 10.8. The van der Waals surface area contributed by atoms with E-state index in [0.717, 1.165) is 29.5 Å². The lowest BCUT2D eigenvalue weighted by atomic mass is 9.96. The first kappa shape index (κ1) is 17.9. The third kappa shape index (κ3) is 3.17. The van der Waals surface area contributed by atoms with Crippen molar-refractivity contribution in [2.75, 3.05) is 0 Å². The van der Waals surface area contributed by atoms with Crippen LogP contribution in [0.3, 0.4) is 0 Å². The van der Waals surface area contributed by atoms with Crippen LogP contribution in [0.5, 0.6) is 0 Å². The number of para-hydroxylation sites is 1. The van der Waals surface area contributed by atoms with Gasteiger partial charge in [0, 0.05) is 33.9 Å². The molecular formula is C29H22NO+. The van der Waals surface area contributed by atoms with Crippen molar-refractivity contribution in [3.63, 3.8) is 0 Å². The van der Waals surface area contributed by atoms with Gasteiger partial charge >= 0.3 is 0 Å². The fraction of sp³-hybridized carbons (Fsp3) is 0.0690. The molecule has 1 N–H and O–H groups in total. The van der Waals surface area contributed by atoms with Crippen LogP contribution in [0.15, 0.2) is 95.4 Å². The molecule has 0 radical (unpaired) electrons. The predicted octanol–water partition coefficient (Wildman–Crippen LogP) is 4.19. The average molecular weight is 401 g/mol. The first-order chi connectivity index (χ1) is 15.4. The number of furan rings is 1. The van der Waals surface area contributed by atoms with E-state index >= 15 is 0 Å². The van der Waals surface area contributed by atoms with Crippen molar-refractivity contribution in [3.8, 4) is 0 Å². The Labute approximate surface area is 180 Å². The minimum absolute atomic E-state index is 0.964. The molecule has 2 nitrogen and oxygen atoms in total. The highest BCUT2D eigenvalue weighted by molar-refractivity contribution is 5.98. The van der Waals surface area contributed by atoms with Gasteiger partial charge in [0.1, 0.15) is 11.0 Å². The van der Waals surface area contributed by atoms with Gasteiger partial charge in [0.25, 0.3) is 0 Å². The van der Waals surface area contributed by atoms with Gasteiger partial charge in [-0.1, -0.05) is 60.7 Å². The average Bonchev–Trinajstić information content (AvgIpc) is 3.22. The Morgan fingerprint density at radius 3 is 2.42 bits per heavy atom. The summed E-state index contributed by atoms with van der Waals surface area (Å²) in [5.41, 5.74) is 6.76. The summed E-state index contributed by atoms with van der Waals surface area (Å²) in [6, 6.07) is 31.8. The fourth-order valence-electron chi connectivity index (χ4n) is 4.55. The molecule has 1 aliphatic carbocycles. The molecule has 0 amide bonds. The third-order valence-electron chi connectivity index (χ3n) is 6.10. The lowest BCUT2D eigenvalue weighted by Crippen LogP contribution is -2.61. The zero-order chi connectivity index (χ0) is 20.6. The third-order valence-corrected chi connectivity index (χ3v) is 6.10.